The summed E-state index contributed by atoms with van der Waals surface area (Å²) in [6.07, 6.45) is 8.50. The second kappa shape index (κ2) is 8.07. The molecule has 0 heterocycles. The Balaban J connectivity index is 1.32. The molecule has 6 rings (SSSR count). The fourth-order valence-corrected chi connectivity index (χ4v) is 7.53. The molecular formula is C25H29ClN2O3S. The van der Waals surface area contributed by atoms with E-state index < -0.39 is 10.0 Å². The second-order valence-corrected chi connectivity index (χ2v) is 12.4. The van der Waals surface area contributed by atoms with Crippen molar-refractivity contribution < 1.29 is 13.2 Å². The molecule has 2 aromatic carbocycles. The Labute approximate surface area is 195 Å². The molecule has 170 valence electrons. The highest BCUT2D eigenvalue weighted by atomic mass is 35.5. The molecular weight excluding hydrogens is 444 g/mol. The van der Waals surface area contributed by atoms with E-state index in [9.17, 15) is 13.2 Å². The minimum Gasteiger partial charge on any atom is -0.347 e. The van der Waals surface area contributed by atoms with Crippen molar-refractivity contribution in [2.75, 3.05) is 10.6 Å². The highest BCUT2D eigenvalue weighted by Gasteiger charge is 2.51. The molecule has 7 heteroatoms. The van der Waals surface area contributed by atoms with Gasteiger partial charge in [0.15, 0.2) is 0 Å². The first-order valence-corrected chi connectivity index (χ1v) is 13.6. The number of rotatable bonds is 6. The predicted molar refractivity (Wildman–Crippen MR) is 127 cm³/mol. The van der Waals surface area contributed by atoms with Crippen LogP contribution in [0, 0.1) is 17.8 Å². The third kappa shape index (κ3) is 4.40. The molecule has 0 spiro atoms. The molecule has 4 saturated carbocycles. The van der Waals surface area contributed by atoms with E-state index in [1.54, 1.807) is 36.4 Å². The number of amides is 1. The number of halogens is 1. The van der Waals surface area contributed by atoms with Gasteiger partial charge in [0, 0.05) is 16.1 Å². The molecule has 32 heavy (non-hydrogen) atoms. The maximum Gasteiger partial charge on any atom is 0.251 e. The van der Waals surface area contributed by atoms with Gasteiger partial charge in [0.25, 0.3) is 5.91 Å². The first-order valence-electron chi connectivity index (χ1n) is 11.3. The third-order valence-electron chi connectivity index (χ3n) is 7.47. The van der Waals surface area contributed by atoms with Crippen molar-refractivity contribution >= 4 is 33.2 Å². The van der Waals surface area contributed by atoms with E-state index in [0.29, 0.717) is 16.3 Å². The number of hydrogen-bond acceptors (Lipinski definition) is 3. The molecule has 0 atom stereocenters. The Morgan fingerprint density at radius 1 is 0.969 bits per heavy atom. The number of anilines is 1. The van der Waals surface area contributed by atoms with Crippen molar-refractivity contribution in [1.82, 2.24) is 5.32 Å². The molecule has 2 aromatic rings. The van der Waals surface area contributed by atoms with E-state index in [4.69, 9.17) is 11.6 Å². The Kier molecular flexibility index (Phi) is 5.49. The minimum absolute atomic E-state index is 0.0438. The van der Waals surface area contributed by atoms with Crippen LogP contribution in [0.3, 0.4) is 0 Å². The van der Waals surface area contributed by atoms with Gasteiger partial charge < -0.3 is 5.32 Å². The summed E-state index contributed by atoms with van der Waals surface area (Å²) in [5.41, 5.74) is 1.90. The maximum absolute atomic E-state index is 13.1. The van der Waals surface area contributed by atoms with Crippen molar-refractivity contribution in [3.8, 4) is 0 Å². The zero-order chi connectivity index (χ0) is 22.5. The minimum atomic E-state index is -3.50. The van der Waals surface area contributed by atoms with Gasteiger partial charge in [0.05, 0.1) is 18.5 Å². The highest BCUT2D eigenvalue weighted by molar-refractivity contribution is 7.92. The summed E-state index contributed by atoms with van der Waals surface area (Å²) < 4.78 is 26.3. The molecule has 4 bridgehead atoms. The SMILES string of the molecule is CS(=O)(=O)N(Cc1ccc(Cl)cc1)c1ccc(C(=O)NC23CC4CC(CC(C4)C2)C3)cc1. The van der Waals surface area contributed by atoms with E-state index in [-0.39, 0.29) is 18.0 Å². The normalized spacial score (nSPS) is 28.5. The molecule has 0 aliphatic heterocycles. The number of nitrogens with one attached hydrogen (secondary N) is 1. The number of nitrogens with zero attached hydrogens (tertiary/aromatic N) is 1. The number of hydrogen-bond donors (Lipinski definition) is 1. The zero-order valence-corrected chi connectivity index (χ0v) is 19.8. The van der Waals surface area contributed by atoms with Crippen LogP contribution in [0.1, 0.15) is 54.4 Å². The Bertz CT molecular complexity index is 1080. The Morgan fingerprint density at radius 3 is 2.00 bits per heavy atom. The molecule has 4 aliphatic carbocycles. The van der Waals surface area contributed by atoms with Gasteiger partial charge in [-0.25, -0.2) is 8.42 Å². The third-order valence-corrected chi connectivity index (χ3v) is 8.87. The lowest BCUT2D eigenvalue weighted by Crippen LogP contribution is -2.59. The molecule has 1 amide bonds. The summed E-state index contributed by atoms with van der Waals surface area (Å²) >= 11 is 5.94. The molecule has 0 radical (unpaired) electrons. The highest BCUT2D eigenvalue weighted by Crippen LogP contribution is 2.55. The fourth-order valence-electron chi connectivity index (χ4n) is 6.51. The van der Waals surface area contributed by atoms with Crippen LogP contribution >= 0.6 is 11.6 Å². The van der Waals surface area contributed by atoms with Crippen LogP contribution in [0.2, 0.25) is 5.02 Å². The lowest BCUT2D eigenvalue weighted by Gasteiger charge is -2.56. The van der Waals surface area contributed by atoms with Crippen LogP contribution in [0.5, 0.6) is 0 Å². The molecule has 4 aliphatic rings. The smallest absolute Gasteiger partial charge is 0.251 e. The second-order valence-electron chi connectivity index (χ2n) is 10.1. The van der Waals surface area contributed by atoms with Crippen LogP contribution in [-0.4, -0.2) is 26.1 Å². The fraction of sp³-hybridized carbons (Fsp3) is 0.480. The maximum atomic E-state index is 13.1. The number of sulfonamides is 1. The van der Waals surface area contributed by atoms with Crippen LogP contribution in [0.15, 0.2) is 48.5 Å². The lowest BCUT2D eigenvalue weighted by molar-refractivity contribution is -0.0167. The van der Waals surface area contributed by atoms with E-state index >= 15 is 0 Å². The summed E-state index contributed by atoms with van der Waals surface area (Å²) in [5, 5.41) is 3.99. The standard InChI is InChI=1S/C25H29ClN2O3S/c1-32(30,31)28(16-17-2-6-22(26)7-3-17)23-8-4-21(5-9-23)24(29)27-25-13-18-10-19(14-25)12-20(11-18)15-25/h2-9,18-20H,10-16H2,1H3,(H,27,29). The summed E-state index contributed by atoms with van der Waals surface area (Å²) in [7, 11) is -3.50. The summed E-state index contributed by atoms with van der Waals surface area (Å²) in [4.78, 5) is 13.1. The van der Waals surface area contributed by atoms with Crippen LogP contribution < -0.4 is 9.62 Å². The van der Waals surface area contributed by atoms with E-state index in [1.165, 1.54) is 29.8 Å². The van der Waals surface area contributed by atoms with Crippen molar-refractivity contribution in [2.24, 2.45) is 17.8 Å². The lowest BCUT2D eigenvalue weighted by atomic mass is 9.53. The molecule has 0 aromatic heterocycles. The average molecular weight is 473 g/mol. The summed E-state index contributed by atoms with van der Waals surface area (Å²) in [6, 6.07) is 14.0. The van der Waals surface area contributed by atoms with Crippen LogP contribution in [0.25, 0.3) is 0 Å². The molecule has 0 unspecified atom stereocenters. The summed E-state index contributed by atoms with van der Waals surface area (Å²) in [5.74, 6) is 2.24. The van der Waals surface area contributed by atoms with Gasteiger partial charge >= 0.3 is 0 Å². The Morgan fingerprint density at radius 2 is 1.50 bits per heavy atom. The van der Waals surface area contributed by atoms with Crippen molar-refractivity contribution in [3.05, 3.63) is 64.7 Å². The monoisotopic (exact) mass is 472 g/mol. The van der Waals surface area contributed by atoms with Gasteiger partial charge in [0.2, 0.25) is 10.0 Å². The van der Waals surface area contributed by atoms with Gasteiger partial charge in [-0.15, -0.1) is 0 Å². The van der Waals surface area contributed by atoms with Crippen LogP contribution in [0.4, 0.5) is 5.69 Å². The number of carbonyl (C=O) groups excluding carboxylic acids is 1. The quantitative estimate of drug-likeness (QED) is 0.643. The molecule has 5 nitrogen and oxygen atoms in total. The predicted octanol–water partition coefficient (Wildman–Crippen LogP) is 5.00. The average Bonchev–Trinajstić information content (AvgIpc) is 2.71. The van der Waals surface area contributed by atoms with Gasteiger partial charge in [-0.2, -0.15) is 0 Å². The van der Waals surface area contributed by atoms with Crippen molar-refractivity contribution in [1.29, 1.82) is 0 Å². The summed E-state index contributed by atoms with van der Waals surface area (Å²) in [6.45, 7) is 0.203. The zero-order valence-electron chi connectivity index (χ0n) is 18.3. The van der Waals surface area contributed by atoms with Crippen molar-refractivity contribution in [2.45, 2.75) is 50.6 Å². The van der Waals surface area contributed by atoms with E-state index in [1.807, 2.05) is 12.1 Å². The van der Waals surface area contributed by atoms with E-state index in [0.717, 1.165) is 42.6 Å². The van der Waals surface area contributed by atoms with E-state index in [2.05, 4.69) is 5.32 Å². The Hall–Kier alpha value is -2.05. The topological polar surface area (TPSA) is 66.5 Å². The van der Waals surface area contributed by atoms with Gasteiger partial charge in [-0.3, -0.25) is 9.10 Å². The molecule has 0 saturated heterocycles. The first kappa shape index (κ1) is 21.8. The van der Waals surface area contributed by atoms with Crippen molar-refractivity contribution in [3.63, 3.8) is 0 Å². The van der Waals surface area contributed by atoms with Crippen LogP contribution in [-0.2, 0) is 16.6 Å². The van der Waals surface area contributed by atoms with Gasteiger partial charge in [-0.1, -0.05) is 23.7 Å². The first-order chi connectivity index (χ1) is 15.2. The van der Waals surface area contributed by atoms with Gasteiger partial charge in [0.1, 0.15) is 0 Å². The number of carbonyl (C=O) groups is 1. The van der Waals surface area contributed by atoms with Gasteiger partial charge in [-0.05, 0) is 98.2 Å². The molecule has 4 fully saturated rings. The largest absolute Gasteiger partial charge is 0.347 e. The number of benzene rings is 2. The molecule has 1 N–H and O–H groups in total.